The Kier molecular flexibility index (Phi) is 2.41. The molecule has 1 atom stereocenters. The van der Waals surface area contributed by atoms with E-state index in [-0.39, 0.29) is 5.41 Å². The standard InChI is InChI=1S/C14H18O/c1-4-7-14(3)9-11-8-10(2)5-6-12(11)13(14)15/h5-6,8H,4,7,9H2,1-3H3. The van der Waals surface area contributed by atoms with Crippen LogP contribution in [0.2, 0.25) is 0 Å². The molecule has 0 amide bonds. The lowest BCUT2D eigenvalue weighted by atomic mass is 9.82. The van der Waals surface area contributed by atoms with Gasteiger partial charge in [-0.15, -0.1) is 0 Å². The van der Waals surface area contributed by atoms with Gasteiger partial charge >= 0.3 is 0 Å². The SMILES string of the molecule is CCCC1(C)Cc2cc(C)ccc2C1=O. The summed E-state index contributed by atoms with van der Waals surface area (Å²) in [6.45, 7) is 6.33. The highest BCUT2D eigenvalue weighted by atomic mass is 16.1. The van der Waals surface area contributed by atoms with Gasteiger partial charge in [0.1, 0.15) is 0 Å². The van der Waals surface area contributed by atoms with Gasteiger partial charge in [0.25, 0.3) is 0 Å². The first-order valence-electron chi connectivity index (χ1n) is 5.71. The number of ketones is 1. The molecule has 15 heavy (non-hydrogen) atoms. The van der Waals surface area contributed by atoms with Gasteiger partial charge in [0.15, 0.2) is 5.78 Å². The van der Waals surface area contributed by atoms with Crippen LogP contribution in [0.25, 0.3) is 0 Å². The van der Waals surface area contributed by atoms with Crippen molar-refractivity contribution in [2.75, 3.05) is 0 Å². The third kappa shape index (κ3) is 1.60. The smallest absolute Gasteiger partial charge is 0.169 e. The number of aryl methyl sites for hydroxylation is 1. The maximum Gasteiger partial charge on any atom is 0.169 e. The van der Waals surface area contributed by atoms with Gasteiger partial charge in [-0.25, -0.2) is 0 Å². The molecular formula is C14H18O. The van der Waals surface area contributed by atoms with Crippen molar-refractivity contribution in [2.24, 2.45) is 5.41 Å². The van der Waals surface area contributed by atoms with E-state index in [9.17, 15) is 4.79 Å². The van der Waals surface area contributed by atoms with Crippen molar-refractivity contribution >= 4 is 5.78 Å². The molecule has 0 heterocycles. The zero-order valence-corrected chi connectivity index (χ0v) is 9.76. The molecule has 0 aliphatic heterocycles. The lowest BCUT2D eigenvalue weighted by molar-refractivity contribution is 0.0829. The quantitative estimate of drug-likeness (QED) is 0.717. The highest BCUT2D eigenvalue weighted by Crippen LogP contribution is 2.40. The van der Waals surface area contributed by atoms with Crippen LogP contribution in [0.15, 0.2) is 18.2 Å². The number of hydrogen-bond donors (Lipinski definition) is 0. The number of benzene rings is 1. The maximum atomic E-state index is 12.2. The number of carbonyl (C=O) groups excluding carboxylic acids is 1. The van der Waals surface area contributed by atoms with Gasteiger partial charge in [0.05, 0.1) is 0 Å². The lowest BCUT2D eigenvalue weighted by Gasteiger charge is -2.20. The first-order valence-corrected chi connectivity index (χ1v) is 5.71. The Morgan fingerprint density at radius 3 is 2.80 bits per heavy atom. The Hall–Kier alpha value is -1.11. The van der Waals surface area contributed by atoms with Crippen LogP contribution in [0.4, 0.5) is 0 Å². The van der Waals surface area contributed by atoms with Gasteiger partial charge in [-0.2, -0.15) is 0 Å². The molecule has 0 saturated carbocycles. The van der Waals surface area contributed by atoms with Crippen molar-refractivity contribution in [1.82, 2.24) is 0 Å². The summed E-state index contributed by atoms with van der Waals surface area (Å²) in [7, 11) is 0. The maximum absolute atomic E-state index is 12.2. The van der Waals surface area contributed by atoms with E-state index >= 15 is 0 Å². The topological polar surface area (TPSA) is 17.1 Å². The Morgan fingerprint density at radius 1 is 1.40 bits per heavy atom. The van der Waals surface area contributed by atoms with Crippen LogP contribution >= 0.6 is 0 Å². The third-order valence-electron chi connectivity index (χ3n) is 3.44. The van der Waals surface area contributed by atoms with E-state index in [4.69, 9.17) is 0 Å². The molecule has 0 bridgehead atoms. The summed E-state index contributed by atoms with van der Waals surface area (Å²) >= 11 is 0. The summed E-state index contributed by atoms with van der Waals surface area (Å²) in [6, 6.07) is 6.19. The van der Waals surface area contributed by atoms with Crippen LogP contribution in [0.3, 0.4) is 0 Å². The number of hydrogen-bond acceptors (Lipinski definition) is 1. The van der Waals surface area contributed by atoms with Crippen LogP contribution in [0.1, 0.15) is 48.2 Å². The van der Waals surface area contributed by atoms with Gasteiger partial charge in [-0.3, -0.25) is 4.79 Å². The van der Waals surface area contributed by atoms with E-state index < -0.39 is 0 Å². The highest BCUT2D eigenvalue weighted by Gasteiger charge is 2.40. The minimum atomic E-state index is -0.134. The molecule has 0 aromatic heterocycles. The summed E-state index contributed by atoms with van der Waals surface area (Å²) in [5, 5.41) is 0. The molecule has 1 heteroatoms. The average Bonchev–Trinajstić information content (AvgIpc) is 2.39. The molecule has 1 aliphatic carbocycles. The van der Waals surface area contributed by atoms with Crippen LogP contribution in [-0.2, 0) is 6.42 Å². The van der Waals surface area contributed by atoms with E-state index in [0.717, 1.165) is 24.8 Å². The second-order valence-electron chi connectivity index (χ2n) is 4.98. The van der Waals surface area contributed by atoms with Crippen molar-refractivity contribution in [1.29, 1.82) is 0 Å². The first-order chi connectivity index (χ1) is 7.07. The lowest BCUT2D eigenvalue weighted by Crippen LogP contribution is -2.23. The number of Topliss-reactive ketones (excluding diaryl/α,β-unsaturated/α-hetero) is 1. The first kappa shape index (κ1) is 10.4. The predicted molar refractivity (Wildman–Crippen MR) is 62.2 cm³/mol. The average molecular weight is 202 g/mol. The zero-order chi connectivity index (χ0) is 11.1. The van der Waals surface area contributed by atoms with Gasteiger partial charge in [0.2, 0.25) is 0 Å². The molecule has 1 aromatic carbocycles. The monoisotopic (exact) mass is 202 g/mol. The second kappa shape index (κ2) is 3.48. The molecule has 2 rings (SSSR count). The molecule has 0 spiro atoms. The Balaban J connectivity index is 2.41. The molecule has 0 fully saturated rings. The molecule has 1 aromatic rings. The summed E-state index contributed by atoms with van der Waals surface area (Å²) in [6.07, 6.45) is 3.01. The minimum Gasteiger partial charge on any atom is -0.294 e. The van der Waals surface area contributed by atoms with Gasteiger partial charge in [-0.1, -0.05) is 44.0 Å². The molecule has 0 radical (unpaired) electrons. The predicted octanol–water partition coefficient (Wildman–Crippen LogP) is 3.54. The number of fused-ring (bicyclic) bond motifs is 1. The van der Waals surface area contributed by atoms with E-state index in [0.29, 0.717) is 5.78 Å². The van der Waals surface area contributed by atoms with Crippen LogP contribution in [0, 0.1) is 12.3 Å². The van der Waals surface area contributed by atoms with E-state index in [2.05, 4.69) is 26.8 Å². The van der Waals surface area contributed by atoms with E-state index in [1.165, 1.54) is 11.1 Å². The van der Waals surface area contributed by atoms with Crippen LogP contribution in [-0.4, -0.2) is 5.78 Å². The zero-order valence-electron chi connectivity index (χ0n) is 9.76. The van der Waals surface area contributed by atoms with Crippen molar-refractivity contribution in [3.05, 3.63) is 34.9 Å². The summed E-state index contributed by atoms with van der Waals surface area (Å²) in [4.78, 5) is 12.2. The Bertz CT molecular complexity index is 406. The van der Waals surface area contributed by atoms with Crippen LogP contribution < -0.4 is 0 Å². The molecule has 0 saturated heterocycles. The Labute approximate surface area is 91.5 Å². The van der Waals surface area contributed by atoms with E-state index in [1.807, 2.05) is 12.1 Å². The second-order valence-corrected chi connectivity index (χ2v) is 4.98. The number of rotatable bonds is 2. The van der Waals surface area contributed by atoms with Gasteiger partial charge < -0.3 is 0 Å². The molecule has 1 nitrogen and oxygen atoms in total. The normalized spacial score (nSPS) is 24.3. The summed E-state index contributed by atoms with van der Waals surface area (Å²) in [5.41, 5.74) is 3.32. The molecule has 80 valence electrons. The highest BCUT2D eigenvalue weighted by molar-refractivity contribution is 6.04. The molecule has 1 aliphatic rings. The molecular weight excluding hydrogens is 184 g/mol. The van der Waals surface area contributed by atoms with Crippen molar-refractivity contribution < 1.29 is 4.79 Å². The van der Waals surface area contributed by atoms with Crippen molar-refractivity contribution in [2.45, 2.75) is 40.0 Å². The van der Waals surface area contributed by atoms with Crippen molar-refractivity contribution in [3.8, 4) is 0 Å². The minimum absolute atomic E-state index is 0.134. The fraction of sp³-hybridized carbons (Fsp3) is 0.500. The van der Waals surface area contributed by atoms with Gasteiger partial charge in [0, 0.05) is 11.0 Å². The fourth-order valence-corrected chi connectivity index (χ4v) is 2.67. The Morgan fingerprint density at radius 2 is 2.13 bits per heavy atom. The van der Waals surface area contributed by atoms with Crippen LogP contribution in [0.5, 0.6) is 0 Å². The largest absolute Gasteiger partial charge is 0.294 e. The summed E-state index contributed by atoms with van der Waals surface area (Å²) in [5.74, 6) is 0.347. The number of carbonyl (C=O) groups is 1. The van der Waals surface area contributed by atoms with Gasteiger partial charge in [-0.05, 0) is 25.3 Å². The van der Waals surface area contributed by atoms with Crippen molar-refractivity contribution in [3.63, 3.8) is 0 Å². The third-order valence-corrected chi connectivity index (χ3v) is 3.44. The van der Waals surface area contributed by atoms with E-state index in [1.54, 1.807) is 0 Å². The summed E-state index contributed by atoms with van der Waals surface area (Å²) < 4.78 is 0. The fourth-order valence-electron chi connectivity index (χ4n) is 2.67. The molecule has 1 unspecified atom stereocenters. The molecule has 0 N–H and O–H groups in total.